The number of amidine groups is 1. The molecule has 0 saturated carbocycles. The Kier molecular flexibility index (Phi) is 3.08. The molecule has 4 heteroatoms. The molecule has 0 bridgehead atoms. The van der Waals surface area contributed by atoms with E-state index < -0.39 is 0 Å². The Bertz CT molecular complexity index is 726. The van der Waals surface area contributed by atoms with Crippen LogP contribution in [-0.2, 0) is 17.8 Å². The second-order valence-electron chi connectivity index (χ2n) is 5.37. The number of benzene rings is 2. The van der Waals surface area contributed by atoms with Gasteiger partial charge in [0.2, 0.25) is 0 Å². The van der Waals surface area contributed by atoms with Crippen molar-refractivity contribution in [2.45, 2.75) is 25.5 Å². The van der Waals surface area contributed by atoms with Gasteiger partial charge >= 0.3 is 0 Å². The number of aryl methyl sites for hydroxylation is 1. The van der Waals surface area contributed by atoms with Crippen molar-refractivity contribution in [1.82, 2.24) is 0 Å². The van der Waals surface area contributed by atoms with Crippen molar-refractivity contribution >= 4 is 23.3 Å². The van der Waals surface area contributed by atoms with E-state index in [1.807, 2.05) is 18.2 Å². The molecule has 0 unspecified atom stereocenters. The molecular formula is C17H15ClN2O. The third-order valence-corrected chi connectivity index (χ3v) is 4.44. The van der Waals surface area contributed by atoms with Crippen LogP contribution >= 0.6 is 11.6 Å². The van der Waals surface area contributed by atoms with E-state index in [1.165, 1.54) is 11.1 Å². The van der Waals surface area contributed by atoms with Gasteiger partial charge in [0.1, 0.15) is 6.61 Å². The van der Waals surface area contributed by atoms with Gasteiger partial charge in [-0.1, -0.05) is 41.9 Å². The van der Waals surface area contributed by atoms with Crippen molar-refractivity contribution in [2.24, 2.45) is 4.99 Å². The quantitative estimate of drug-likeness (QED) is 0.850. The lowest BCUT2D eigenvalue weighted by Gasteiger charge is -2.22. The van der Waals surface area contributed by atoms with Gasteiger partial charge in [-0.05, 0) is 36.1 Å². The molecular weight excluding hydrogens is 284 g/mol. The molecule has 4 rings (SSSR count). The van der Waals surface area contributed by atoms with Crippen LogP contribution in [0.15, 0.2) is 47.5 Å². The molecule has 21 heavy (non-hydrogen) atoms. The van der Waals surface area contributed by atoms with Crippen LogP contribution in [0.1, 0.15) is 29.2 Å². The molecule has 3 nitrogen and oxygen atoms in total. The van der Waals surface area contributed by atoms with Crippen LogP contribution in [0.3, 0.4) is 0 Å². The Morgan fingerprint density at radius 3 is 3.00 bits per heavy atom. The summed E-state index contributed by atoms with van der Waals surface area (Å²) in [7, 11) is 0. The van der Waals surface area contributed by atoms with E-state index in [9.17, 15) is 0 Å². The predicted molar refractivity (Wildman–Crippen MR) is 84.8 cm³/mol. The van der Waals surface area contributed by atoms with Crippen LogP contribution in [0.25, 0.3) is 0 Å². The monoisotopic (exact) mass is 298 g/mol. The molecule has 1 atom stereocenters. The van der Waals surface area contributed by atoms with Crippen LogP contribution in [0.2, 0.25) is 5.02 Å². The van der Waals surface area contributed by atoms with Crippen molar-refractivity contribution < 1.29 is 4.74 Å². The maximum atomic E-state index is 6.17. The number of halogens is 1. The average molecular weight is 299 g/mol. The number of hydrogen-bond donors (Lipinski definition) is 1. The molecule has 0 aromatic heterocycles. The van der Waals surface area contributed by atoms with Crippen LogP contribution in [0, 0.1) is 0 Å². The first kappa shape index (κ1) is 12.7. The lowest BCUT2D eigenvalue weighted by atomic mass is 10.1. The molecule has 2 aliphatic rings. The Labute approximate surface area is 128 Å². The van der Waals surface area contributed by atoms with Crippen molar-refractivity contribution in [3.63, 3.8) is 0 Å². The van der Waals surface area contributed by atoms with Gasteiger partial charge in [-0.2, -0.15) is 0 Å². The number of anilines is 1. The molecule has 1 aliphatic heterocycles. The molecule has 2 aromatic rings. The van der Waals surface area contributed by atoms with Crippen molar-refractivity contribution in [3.05, 3.63) is 64.2 Å². The van der Waals surface area contributed by atoms with E-state index in [1.54, 1.807) is 0 Å². The zero-order valence-electron chi connectivity index (χ0n) is 11.5. The standard InChI is InChI=1S/C17H15ClN2O/c18-14-6-3-7-15-13(14)10-21-17(19-15)20-16-9-8-11-4-1-2-5-12(11)16/h1-7,16H,8-10H2,(H,19,20)/t16-/m1/s1. The summed E-state index contributed by atoms with van der Waals surface area (Å²) in [5, 5.41) is 3.97. The molecule has 0 radical (unpaired) electrons. The highest BCUT2D eigenvalue weighted by atomic mass is 35.5. The van der Waals surface area contributed by atoms with Crippen LogP contribution in [0.5, 0.6) is 0 Å². The summed E-state index contributed by atoms with van der Waals surface area (Å²) < 4.78 is 5.72. The van der Waals surface area contributed by atoms with Crippen molar-refractivity contribution in [1.29, 1.82) is 0 Å². The highest BCUT2D eigenvalue weighted by Gasteiger charge is 2.24. The number of rotatable bonds is 1. The summed E-state index contributed by atoms with van der Waals surface area (Å²) in [5.41, 5.74) is 4.68. The smallest absolute Gasteiger partial charge is 0.290 e. The molecule has 0 fully saturated rings. The lowest BCUT2D eigenvalue weighted by Crippen LogP contribution is -2.23. The van der Waals surface area contributed by atoms with Gasteiger partial charge in [0.15, 0.2) is 0 Å². The van der Waals surface area contributed by atoms with Crippen molar-refractivity contribution in [3.8, 4) is 0 Å². The van der Waals surface area contributed by atoms with E-state index in [2.05, 4.69) is 29.6 Å². The van der Waals surface area contributed by atoms with Gasteiger partial charge in [-0.3, -0.25) is 0 Å². The van der Waals surface area contributed by atoms with Gasteiger partial charge in [0, 0.05) is 10.6 Å². The Morgan fingerprint density at radius 2 is 2.05 bits per heavy atom. The fraction of sp³-hybridized carbons (Fsp3) is 0.235. The first-order valence-corrected chi connectivity index (χ1v) is 7.52. The number of aliphatic imine (C=N–C) groups is 1. The average Bonchev–Trinajstić information content (AvgIpc) is 2.91. The number of nitrogens with one attached hydrogen (secondary N) is 1. The molecule has 1 aliphatic carbocycles. The van der Waals surface area contributed by atoms with E-state index in [0.717, 1.165) is 29.1 Å². The van der Waals surface area contributed by atoms with E-state index in [4.69, 9.17) is 21.3 Å². The molecule has 0 saturated heterocycles. The zero-order valence-corrected chi connectivity index (χ0v) is 12.2. The Morgan fingerprint density at radius 1 is 1.14 bits per heavy atom. The molecule has 0 amide bonds. The maximum Gasteiger partial charge on any atom is 0.290 e. The molecule has 0 spiro atoms. The second kappa shape index (κ2) is 5.08. The largest absolute Gasteiger partial charge is 0.460 e. The van der Waals surface area contributed by atoms with Gasteiger partial charge < -0.3 is 10.1 Å². The van der Waals surface area contributed by atoms with Gasteiger partial charge in [-0.15, -0.1) is 0 Å². The van der Waals surface area contributed by atoms with Gasteiger partial charge in [0.05, 0.1) is 11.7 Å². The van der Waals surface area contributed by atoms with Gasteiger partial charge in [0.25, 0.3) is 6.02 Å². The Hall–Kier alpha value is -2.00. The number of hydrogen-bond acceptors (Lipinski definition) is 2. The summed E-state index contributed by atoms with van der Waals surface area (Å²) in [6, 6.07) is 15.1. The summed E-state index contributed by atoms with van der Waals surface area (Å²) in [6.07, 6.45) is 2.12. The SMILES string of the molecule is Clc1cccc2c1COC(=N[C@@H]1CCc3ccccc31)N2. The van der Waals surface area contributed by atoms with E-state index in [0.29, 0.717) is 12.6 Å². The zero-order chi connectivity index (χ0) is 14.2. The Balaban J connectivity index is 1.62. The molecule has 1 N–H and O–H groups in total. The minimum absolute atomic E-state index is 0.185. The molecule has 2 aromatic carbocycles. The second-order valence-corrected chi connectivity index (χ2v) is 5.77. The normalized spacial score (nSPS) is 21.4. The molecule has 1 heterocycles. The topological polar surface area (TPSA) is 33.6 Å². The first-order chi connectivity index (χ1) is 10.3. The molecule has 106 valence electrons. The van der Waals surface area contributed by atoms with Crippen LogP contribution < -0.4 is 5.32 Å². The van der Waals surface area contributed by atoms with Crippen LogP contribution in [-0.4, -0.2) is 6.02 Å². The first-order valence-electron chi connectivity index (χ1n) is 7.14. The number of ether oxygens (including phenoxy) is 1. The summed E-state index contributed by atoms with van der Waals surface area (Å²) >= 11 is 6.17. The van der Waals surface area contributed by atoms with Crippen LogP contribution in [0.4, 0.5) is 5.69 Å². The van der Waals surface area contributed by atoms with E-state index in [-0.39, 0.29) is 6.04 Å². The predicted octanol–water partition coefficient (Wildman–Crippen LogP) is 4.33. The number of fused-ring (bicyclic) bond motifs is 2. The van der Waals surface area contributed by atoms with E-state index >= 15 is 0 Å². The lowest BCUT2D eigenvalue weighted by molar-refractivity contribution is 0.282. The fourth-order valence-corrected chi connectivity index (χ4v) is 3.22. The third kappa shape index (κ3) is 2.28. The fourth-order valence-electron chi connectivity index (χ4n) is 2.99. The van der Waals surface area contributed by atoms with Gasteiger partial charge in [-0.25, -0.2) is 4.99 Å². The highest BCUT2D eigenvalue weighted by molar-refractivity contribution is 6.31. The third-order valence-electron chi connectivity index (χ3n) is 4.09. The summed E-state index contributed by atoms with van der Waals surface area (Å²) in [5.74, 6) is 0. The highest BCUT2D eigenvalue weighted by Crippen LogP contribution is 2.35. The minimum Gasteiger partial charge on any atom is -0.460 e. The maximum absolute atomic E-state index is 6.17. The summed E-state index contributed by atoms with van der Waals surface area (Å²) in [6.45, 7) is 0.467. The number of nitrogens with zero attached hydrogens (tertiary/aromatic N) is 1. The minimum atomic E-state index is 0.185. The van der Waals surface area contributed by atoms with Crippen molar-refractivity contribution in [2.75, 3.05) is 5.32 Å². The summed E-state index contributed by atoms with van der Waals surface area (Å²) in [4.78, 5) is 4.75.